The Morgan fingerprint density at radius 1 is 0.655 bits per heavy atom. The Morgan fingerprint density at radius 2 is 1.03 bits per heavy atom. The van der Waals surface area contributed by atoms with Crippen LogP contribution < -0.4 is 0 Å². The number of rotatable bonds is 15. The molecule has 1 fully saturated rings. The highest BCUT2D eigenvalue weighted by Gasteiger charge is 2.40. The standard InChI is InChI=1S/C23H40O6/c1-3-5-7-9-11-13-28-22(26)19-15-18(21(24)25)16-20(17-19)23(27)29-14-12-10-8-6-4-2/h18-20H,3-17H2,1-2H3,(H,24,25). The number of carbonyl (C=O) groups excluding carboxylic acids is 2. The van der Waals surface area contributed by atoms with Crippen LogP contribution in [-0.2, 0) is 23.9 Å². The van der Waals surface area contributed by atoms with Crippen molar-refractivity contribution in [1.82, 2.24) is 0 Å². The predicted octanol–water partition coefficient (Wildman–Crippen LogP) is 5.13. The average Bonchev–Trinajstić information content (AvgIpc) is 2.72. The number of carbonyl (C=O) groups is 3. The second-order valence-electron chi connectivity index (χ2n) is 8.30. The molecule has 0 heterocycles. The third kappa shape index (κ3) is 10.7. The molecule has 0 radical (unpaired) electrons. The van der Waals surface area contributed by atoms with Crippen molar-refractivity contribution in [2.75, 3.05) is 13.2 Å². The van der Waals surface area contributed by atoms with Gasteiger partial charge in [-0.3, -0.25) is 14.4 Å². The zero-order chi connectivity index (χ0) is 21.5. The van der Waals surface area contributed by atoms with E-state index in [1.165, 1.54) is 12.8 Å². The predicted molar refractivity (Wildman–Crippen MR) is 111 cm³/mol. The minimum atomic E-state index is -0.959. The van der Waals surface area contributed by atoms with Gasteiger partial charge in [0.05, 0.1) is 31.0 Å². The number of unbranched alkanes of at least 4 members (excludes halogenated alkanes) is 8. The number of carboxylic acids is 1. The van der Waals surface area contributed by atoms with Crippen LogP contribution in [0, 0.1) is 17.8 Å². The molecule has 6 heteroatoms. The Kier molecular flexibility index (Phi) is 13.4. The summed E-state index contributed by atoms with van der Waals surface area (Å²) in [5, 5.41) is 9.43. The van der Waals surface area contributed by atoms with E-state index in [0.29, 0.717) is 19.6 Å². The van der Waals surface area contributed by atoms with Gasteiger partial charge < -0.3 is 14.6 Å². The van der Waals surface area contributed by atoms with Gasteiger partial charge in [0.15, 0.2) is 0 Å². The summed E-state index contributed by atoms with van der Waals surface area (Å²) in [5.41, 5.74) is 0. The van der Waals surface area contributed by atoms with E-state index in [2.05, 4.69) is 13.8 Å². The molecule has 0 spiro atoms. The van der Waals surface area contributed by atoms with Gasteiger partial charge in [-0.15, -0.1) is 0 Å². The van der Waals surface area contributed by atoms with Crippen LogP contribution in [0.15, 0.2) is 0 Å². The van der Waals surface area contributed by atoms with Crippen LogP contribution in [0.25, 0.3) is 0 Å². The molecule has 0 bridgehead atoms. The van der Waals surface area contributed by atoms with Crippen molar-refractivity contribution in [1.29, 1.82) is 0 Å². The third-order valence-electron chi connectivity index (χ3n) is 5.71. The first-order valence-corrected chi connectivity index (χ1v) is 11.6. The van der Waals surface area contributed by atoms with Gasteiger partial charge in [-0.05, 0) is 32.1 Å². The summed E-state index contributed by atoms with van der Waals surface area (Å²) >= 11 is 0. The molecule has 0 amide bonds. The summed E-state index contributed by atoms with van der Waals surface area (Å²) in [7, 11) is 0. The third-order valence-corrected chi connectivity index (χ3v) is 5.71. The fourth-order valence-electron chi connectivity index (χ4n) is 3.90. The molecule has 1 N–H and O–H groups in total. The molecule has 0 aliphatic heterocycles. The topological polar surface area (TPSA) is 89.9 Å². The smallest absolute Gasteiger partial charge is 0.308 e. The van der Waals surface area contributed by atoms with E-state index in [4.69, 9.17) is 9.47 Å². The molecule has 1 aliphatic rings. The Morgan fingerprint density at radius 3 is 1.41 bits per heavy atom. The van der Waals surface area contributed by atoms with Crippen LogP contribution in [0.3, 0.4) is 0 Å². The van der Waals surface area contributed by atoms with Crippen molar-refractivity contribution in [3.8, 4) is 0 Å². The average molecular weight is 413 g/mol. The fourth-order valence-corrected chi connectivity index (χ4v) is 3.90. The van der Waals surface area contributed by atoms with Gasteiger partial charge >= 0.3 is 17.9 Å². The summed E-state index contributed by atoms with van der Waals surface area (Å²) in [6.45, 7) is 5.03. The van der Waals surface area contributed by atoms with Crippen LogP contribution in [0.4, 0.5) is 0 Å². The second kappa shape index (κ2) is 15.3. The zero-order valence-electron chi connectivity index (χ0n) is 18.3. The maximum absolute atomic E-state index is 12.4. The van der Waals surface area contributed by atoms with Crippen LogP contribution in [0.5, 0.6) is 0 Å². The van der Waals surface area contributed by atoms with Crippen molar-refractivity contribution in [3.63, 3.8) is 0 Å². The molecule has 1 aliphatic carbocycles. The molecule has 168 valence electrons. The van der Waals surface area contributed by atoms with E-state index in [1.807, 2.05) is 0 Å². The summed E-state index contributed by atoms with van der Waals surface area (Å²) in [6, 6.07) is 0. The number of hydrogen-bond donors (Lipinski definition) is 1. The number of hydrogen-bond acceptors (Lipinski definition) is 5. The van der Waals surface area contributed by atoms with Crippen LogP contribution in [0.1, 0.15) is 97.3 Å². The summed E-state index contributed by atoms with van der Waals surface area (Å²) in [4.78, 5) is 36.3. The van der Waals surface area contributed by atoms with Crippen molar-refractivity contribution in [3.05, 3.63) is 0 Å². The molecular formula is C23H40O6. The lowest BCUT2D eigenvalue weighted by Gasteiger charge is -2.30. The highest BCUT2D eigenvalue weighted by Crippen LogP contribution is 2.35. The van der Waals surface area contributed by atoms with E-state index in [1.54, 1.807) is 0 Å². The first-order valence-electron chi connectivity index (χ1n) is 11.6. The number of aliphatic carboxylic acids is 1. The Bertz CT molecular complexity index is 454. The monoisotopic (exact) mass is 412 g/mol. The number of carboxylic acid groups (broad SMARTS) is 1. The SMILES string of the molecule is CCCCCCCOC(=O)C1CC(C(=O)O)CC(C(=O)OCCCCCCC)C1. The summed E-state index contributed by atoms with van der Waals surface area (Å²) in [6.07, 6.45) is 11.4. The van der Waals surface area contributed by atoms with Gasteiger partial charge in [0, 0.05) is 0 Å². The summed E-state index contributed by atoms with van der Waals surface area (Å²) in [5.74, 6) is -3.48. The lowest BCUT2D eigenvalue weighted by atomic mass is 9.75. The molecule has 1 saturated carbocycles. The van der Waals surface area contributed by atoms with E-state index in [-0.39, 0.29) is 24.8 Å². The Balaban J connectivity index is 2.43. The van der Waals surface area contributed by atoms with Crippen molar-refractivity contribution < 1.29 is 29.0 Å². The van der Waals surface area contributed by atoms with E-state index >= 15 is 0 Å². The first-order chi connectivity index (χ1) is 14.0. The van der Waals surface area contributed by atoms with Gasteiger partial charge in [-0.25, -0.2) is 0 Å². The summed E-state index contributed by atoms with van der Waals surface area (Å²) < 4.78 is 10.7. The minimum Gasteiger partial charge on any atom is -0.481 e. The van der Waals surface area contributed by atoms with Crippen molar-refractivity contribution in [2.24, 2.45) is 17.8 Å². The second-order valence-corrected chi connectivity index (χ2v) is 8.30. The van der Waals surface area contributed by atoms with Gasteiger partial charge in [-0.1, -0.05) is 65.2 Å². The minimum absolute atomic E-state index is 0.241. The van der Waals surface area contributed by atoms with E-state index < -0.39 is 23.7 Å². The van der Waals surface area contributed by atoms with E-state index in [0.717, 1.165) is 51.4 Å². The number of ether oxygens (including phenoxy) is 2. The van der Waals surface area contributed by atoms with Gasteiger partial charge in [0.25, 0.3) is 0 Å². The largest absolute Gasteiger partial charge is 0.481 e. The highest BCUT2D eigenvalue weighted by atomic mass is 16.5. The number of esters is 2. The van der Waals surface area contributed by atoms with Crippen molar-refractivity contribution in [2.45, 2.75) is 97.3 Å². The Labute approximate surface area is 175 Å². The molecule has 29 heavy (non-hydrogen) atoms. The molecular weight excluding hydrogens is 372 g/mol. The lowest BCUT2D eigenvalue weighted by Crippen LogP contribution is -2.36. The first kappa shape index (κ1) is 25.4. The van der Waals surface area contributed by atoms with Crippen molar-refractivity contribution >= 4 is 17.9 Å². The van der Waals surface area contributed by atoms with Gasteiger partial charge in [0.2, 0.25) is 0 Å². The van der Waals surface area contributed by atoms with Crippen LogP contribution >= 0.6 is 0 Å². The molecule has 2 atom stereocenters. The van der Waals surface area contributed by atoms with Crippen LogP contribution in [0.2, 0.25) is 0 Å². The molecule has 0 aromatic heterocycles. The van der Waals surface area contributed by atoms with Gasteiger partial charge in [0.1, 0.15) is 0 Å². The lowest BCUT2D eigenvalue weighted by molar-refractivity contribution is -0.159. The quantitative estimate of drug-likeness (QED) is 0.296. The zero-order valence-corrected chi connectivity index (χ0v) is 18.3. The molecule has 0 aromatic rings. The Hall–Kier alpha value is -1.59. The molecule has 2 unspecified atom stereocenters. The van der Waals surface area contributed by atoms with Crippen LogP contribution in [-0.4, -0.2) is 36.2 Å². The molecule has 1 rings (SSSR count). The normalized spacial score (nSPS) is 21.5. The fraction of sp³-hybridized carbons (Fsp3) is 0.870. The highest BCUT2D eigenvalue weighted by molar-refractivity contribution is 5.79. The molecule has 0 saturated heterocycles. The molecule has 0 aromatic carbocycles. The van der Waals surface area contributed by atoms with Gasteiger partial charge in [-0.2, -0.15) is 0 Å². The maximum atomic E-state index is 12.4. The molecule has 6 nitrogen and oxygen atoms in total. The maximum Gasteiger partial charge on any atom is 0.308 e. The van der Waals surface area contributed by atoms with E-state index in [9.17, 15) is 19.5 Å².